The van der Waals surface area contributed by atoms with Gasteiger partial charge in [-0.05, 0) is 28.7 Å². The Balaban J connectivity index is 2.12. The average molecular weight is 307 g/mol. The summed E-state index contributed by atoms with van der Waals surface area (Å²) in [5, 5.41) is 14.8. The number of nitrogens with one attached hydrogen (secondary N) is 2. The van der Waals surface area contributed by atoms with Gasteiger partial charge in [0, 0.05) is 12.2 Å². The van der Waals surface area contributed by atoms with Crippen LogP contribution in [0.3, 0.4) is 0 Å². The lowest BCUT2D eigenvalue weighted by atomic mass is 9.85. The number of hydrogen-bond donors (Lipinski definition) is 2. The van der Waals surface area contributed by atoms with E-state index >= 15 is 0 Å². The maximum absolute atomic E-state index is 12.2. The van der Waals surface area contributed by atoms with E-state index in [1.165, 1.54) is 0 Å². The number of nitriles is 1. The molecule has 0 aliphatic rings. The minimum atomic E-state index is -0.283. The van der Waals surface area contributed by atoms with Gasteiger partial charge in [0.15, 0.2) is 0 Å². The maximum Gasteiger partial charge on any atom is 0.319 e. The number of rotatable bonds is 3. The van der Waals surface area contributed by atoms with Gasteiger partial charge in [-0.3, -0.25) is 0 Å². The van der Waals surface area contributed by atoms with Crippen molar-refractivity contribution in [1.82, 2.24) is 5.32 Å². The molecule has 0 saturated heterocycles. The number of nitrogens with zero attached hydrogens (tertiary/aromatic N) is 1. The van der Waals surface area contributed by atoms with Crippen molar-refractivity contribution in [2.75, 3.05) is 5.32 Å². The van der Waals surface area contributed by atoms with Crippen molar-refractivity contribution in [3.63, 3.8) is 0 Å². The highest BCUT2D eigenvalue weighted by Gasteiger charge is 2.19. The highest BCUT2D eigenvalue weighted by atomic mass is 16.2. The molecule has 4 heteroatoms. The van der Waals surface area contributed by atoms with Gasteiger partial charge >= 0.3 is 6.03 Å². The van der Waals surface area contributed by atoms with E-state index in [0.29, 0.717) is 17.8 Å². The lowest BCUT2D eigenvalue weighted by Crippen LogP contribution is -2.29. The molecule has 2 rings (SSSR count). The van der Waals surface area contributed by atoms with E-state index < -0.39 is 0 Å². The van der Waals surface area contributed by atoms with Crippen molar-refractivity contribution in [2.24, 2.45) is 0 Å². The fraction of sp³-hybridized carbons (Fsp3) is 0.263. The lowest BCUT2D eigenvalue weighted by Gasteiger charge is -2.23. The largest absolute Gasteiger partial charge is 0.334 e. The summed E-state index contributed by atoms with van der Waals surface area (Å²) in [6.07, 6.45) is 0. The minimum Gasteiger partial charge on any atom is -0.334 e. The molecule has 0 aliphatic carbocycles. The van der Waals surface area contributed by atoms with Crippen molar-refractivity contribution in [1.29, 1.82) is 5.26 Å². The Bertz CT molecular complexity index is 725. The second-order valence-electron chi connectivity index (χ2n) is 6.42. The van der Waals surface area contributed by atoms with Gasteiger partial charge in [-0.1, -0.05) is 57.2 Å². The molecule has 4 nitrogen and oxygen atoms in total. The van der Waals surface area contributed by atoms with Gasteiger partial charge in [-0.2, -0.15) is 5.26 Å². The van der Waals surface area contributed by atoms with Gasteiger partial charge in [0.1, 0.15) is 0 Å². The van der Waals surface area contributed by atoms with E-state index in [1.807, 2.05) is 36.4 Å². The van der Waals surface area contributed by atoms with E-state index in [2.05, 4.69) is 37.5 Å². The van der Waals surface area contributed by atoms with Gasteiger partial charge < -0.3 is 10.6 Å². The summed E-state index contributed by atoms with van der Waals surface area (Å²) < 4.78 is 0. The number of anilines is 1. The first-order valence-electron chi connectivity index (χ1n) is 7.53. The van der Waals surface area contributed by atoms with Crippen LogP contribution in [0.15, 0.2) is 48.5 Å². The fourth-order valence-electron chi connectivity index (χ4n) is 2.32. The predicted molar refractivity (Wildman–Crippen MR) is 92.2 cm³/mol. The summed E-state index contributed by atoms with van der Waals surface area (Å²) >= 11 is 0. The quantitative estimate of drug-likeness (QED) is 0.893. The topological polar surface area (TPSA) is 64.9 Å². The van der Waals surface area contributed by atoms with E-state index in [0.717, 1.165) is 11.1 Å². The molecule has 0 heterocycles. The second-order valence-corrected chi connectivity index (χ2v) is 6.42. The van der Waals surface area contributed by atoms with E-state index in [-0.39, 0.29) is 11.4 Å². The van der Waals surface area contributed by atoms with Crippen LogP contribution in [0.1, 0.15) is 37.5 Å². The van der Waals surface area contributed by atoms with Gasteiger partial charge in [-0.15, -0.1) is 0 Å². The Morgan fingerprint density at radius 2 is 1.83 bits per heavy atom. The fourth-order valence-corrected chi connectivity index (χ4v) is 2.32. The lowest BCUT2D eigenvalue weighted by molar-refractivity contribution is 0.251. The van der Waals surface area contributed by atoms with Gasteiger partial charge in [0.2, 0.25) is 0 Å². The van der Waals surface area contributed by atoms with Crippen molar-refractivity contribution < 1.29 is 4.79 Å². The van der Waals surface area contributed by atoms with Crippen molar-refractivity contribution >= 4 is 11.7 Å². The molecule has 0 spiro atoms. The molecule has 0 saturated carbocycles. The molecule has 2 N–H and O–H groups in total. The first kappa shape index (κ1) is 16.6. The number of amides is 2. The number of carbonyl (C=O) groups excluding carboxylic acids is 1. The Morgan fingerprint density at radius 1 is 1.13 bits per heavy atom. The van der Waals surface area contributed by atoms with Crippen molar-refractivity contribution in [3.05, 3.63) is 65.2 Å². The molecule has 0 aromatic heterocycles. The van der Waals surface area contributed by atoms with Crippen LogP contribution >= 0.6 is 0 Å². The Hall–Kier alpha value is -2.80. The number of carbonyl (C=O) groups is 1. The van der Waals surface area contributed by atoms with Gasteiger partial charge in [0.05, 0.1) is 11.6 Å². The third-order valence-electron chi connectivity index (χ3n) is 3.50. The summed E-state index contributed by atoms with van der Waals surface area (Å²) in [6, 6.07) is 16.9. The summed E-state index contributed by atoms with van der Waals surface area (Å²) in [7, 11) is 0. The number of benzene rings is 2. The van der Waals surface area contributed by atoms with Crippen LogP contribution in [0.2, 0.25) is 0 Å². The monoisotopic (exact) mass is 307 g/mol. The van der Waals surface area contributed by atoms with E-state index in [1.54, 1.807) is 12.1 Å². The molecule has 0 aliphatic heterocycles. The van der Waals surface area contributed by atoms with E-state index in [4.69, 9.17) is 5.26 Å². The maximum atomic E-state index is 12.2. The van der Waals surface area contributed by atoms with Crippen LogP contribution in [0.5, 0.6) is 0 Å². The molecular weight excluding hydrogens is 286 g/mol. The molecule has 2 amide bonds. The van der Waals surface area contributed by atoms with Crippen molar-refractivity contribution in [3.8, 4) is 6.07 Å². The molecule has 0 bridgehead atoms. The molecule has 0 radical (unpaired) electrons. The highest BCUT2D eigenvalue weighted by Crippen LogP contribution is 2.30. The van der Waals surface area contributed by atoms with Crippen molar-refractivity contribution in [2.45, 2.75) is 32.7 Å². The molecule has 2 aromatic carbocycles. The summed E-state index contributed by atoms with van der Waals surface area (Å²) in [6.45, 7) is 6.67. The summed E-state index contributed by atoms with van der Waals surface area (Å²) in [5.74, 6) is 0. The normalized spacial score (nSPS) is 10.7. The Labute approximate surface area is 137 Å². The van der Waals surface area contributed by atoms with Gasteiger partial charge in [0.25, 0.3) is 0 Å². The van der Waals surface area contributed by atoms with Crippen LogP contribution in [-0.4, -0.2) is 6.03 Å². The van der Waals surface area contributed by atoms with Crippen LogP contribution in [-0.2, 0) is 12.0 Å². The van der Waals surface area contributed by atoms with Crippen LogP contribution < -0.4 is 10.6 Å². The average Bonchev–Trinajstić information content (AvgIpc) is 2.52. The highest BCUT2D eigenvalue weighted by molar-refractivity contribution is 5.90. The molecule has 0 unspecified atom stereocenters. The first-order valence-corrected chi connectivity index (χ1v) is 7.53. The molecule has 118 valence electrons. The zero-order valence-electron chi connectivity index (χ0n) is 13.7. The molecule has 23 heavy (non-hydrogen) atoms. The molecular formula is C19H21N3O. The van der Waals surface area contributed by atoms with Crippen LogP contribution in [0.4, 0.5) is 10.5 Å². The SMILES string of the molecule is CC(C)(C)c1ccc(C#N)cc1NC(=O)NCc1ccccc1. The Kier molecular flexibility index (Phi) is 5.02. The second kappa shape index (κ2) is 6.97. The smallest absolute Gasteiger partial charge is 0.319 e. The molecule has 0 atom stereocenters. The molecule has 2 aromatic rings. The number of hydrogen-bond acceptors (Lipinski definition) is 2. The summed E-state index contributed by atoms with van der Waals surface area (Å²) in [4.78, 5) is 12.2. The van der Waals surface area contributed by atoms with Gasteiger partial charge in [-0.25, -0.2) is 4.79 Å². The minimum absolute atomic E-state index is 0.129. The predicted octanol–water partition coefficient (Wildman–Crippen LogP) is 4.18. The third-order valence-corrected chi connectivity index (χ3v) is 3.50. The summed E-state index contributed by atoms with van der Waals surface area (Å²) in [5.41, 5.74) is 3.09. The van der Waals surface area contributed by atoms with Crippen LogP contribution in [0, 0.1) is 11.3 Å². The first-order chi connectivity index (χ1) is 10.9. The Morgan fingerprint density at radius 3 is 2.43 bits per heavy atom. The standard InChI is InChI=1S/C19H21N3O/c1-19(2,3)16-10-9-15(12-20)11-17(16)22-18(23)21-13-14-7-5-4-6-8-14/h4-11H,13H2,1-3H3,(H2,21,22,23). The zero-order chi connectivity index (χ0) is 16.9. The zero-order valence-corrected chi connectivity index (χ0v) is 13.7. The van der Waals surface area contributed by atoms with Crippen LogP contribution in [0.25, 0.3) is 0 Å². The van der Waals surface area contributed by atoms with E-state index in [9.17, 15) is 4.79 Å². The molecule has 0 fully saturated rings. The number of urea groups is 1. The third kappa shape index (κ3) is 4.58.